The fourth-order valence-electron chi connectivity index (χ4n) is 0.781. The third-order valence-electron chi connectivity index (χ3n) is 1.28. The Morgan fingerprint density at radius 2 is 2.15 bits per heavy atom. The number of hydrogen-bond donors (Lipinski definition) is 2. The maximum Gasteiger partial charge on any atom is 0.185 e. The van der Waals surface area contributed by atoms with Gasteiger partial charge in [0, 0.05) is 17.8 Å². The predicted molar refractivity (Wildman–Crippen MR) is 69.1 cm³/mol. The highest BCUT2D eigenvalue weighted by molar-refractivity contribution is 14.0. The number of halogens is 2. The molecule has 0 aliphatic carbocycles. The summed E-state index contributed by atoms with van der Waals surface area (Å²) in [6, 6.07) is 3.85. The number of aliphatic imine (C=N–C) groups is 1. The first-order valence-electron chi connectivity index (χ1n) is 3.48. The van der Waals surface area contributed by atoms with Crippen molar-refractivity contribution in [2.45, 2.75) is 6.42 Å². The van der Waals surface area contributed by atoms with Crippen molar-refractivity contribution in [3.63, 3.8) is 0 Å². The topological polar surface area (TPSA) is 64.4 Å². The normalized spacial score (nSPS) is 9.00. The van der Waals surface area contributed by atoms with Gasteiger partial charge in [-0.25, -0.2) is 0 Å². The first kappa shape index (κ1) is 13.0. The molecule has 0 fully saturated rings. The van der Waals surface area contributed by atoms with Crippen LogP contribution in [-0.2, 0) is 6.42 Å². The molecule has 0 amide bonds. The van der Waals surface area contributed by atoms with E-state index >= 15 is 0 Å². The molecule has 0 aliphatic rings. The van der Waals surface area contributed by atoms with Crippen molar-refractivity contribution in [2.24, 2.45) is 16.5 Å². The number of thiophene rings is 1. The van der Waals surface area contributed by atoms with Crippen LogP contribution >= 0.6 is 46.9 Å². The summed E-state index contributed by atoms with van der Waals surface area (Å²) < 4.78 is 0.801. The van der Waals surface area contributed by atoms with Gasteiger partial charge in [0.05, 0.1) is 4.34 Å². The Kier molecular flexibility index (Phi) is 6.44. The molecule has 1 heterocycles. The number of nitrogens with zero attached hydrogens (tertiary/aromatic N) is 1. The average molecular weight is 332 g/mol. The molecule has 1 aromatic rings. The summed E-state index contributed by atoms with van der Waals surface area (Å²) in [6.45, 7) is 0.624. The Morgan fingerprint density at radius 1 is 1.46 bits per heavy atom. The zero-order valence-corrected chi connectivity index (χ0v) is 10.8. The third-order valence-corrected chi connectivity index (χ3v) is 2.57. The Morgan fingerprint density at radius 3 is 2.62 bits per heavy atom. The lowest BCUT2D eigenvalue weighted by Gasteiger charge is -1.92. The van der Waals surface area contributed by atoms with Crippen LogP contribution in [0, 0.1) is 0 Å². The van der Waals surface area contributed by atoms with E-state index < -0.39 is 0 Å². The fourth-order valence-corrected chi connectivity index (χ4v) is 1.86. The SMILES string of the molecule is I.NC(N)=NCCc1ccc(Cl)s1. The molecule has 74 valence electrons. The van der Waals surface area contributed by atoms with Crippen LogP contribution in [0.3, 0.4) is 0 Å². The summed E-state index contributed by atoms with van der Waals surface area (Å²) >= 11 is 7.29. The van der Waals surface area contributed by atoms with Crippen LogP contribution in [0.25, 0.3) is 0 Å². The first-order chi connectivity index (χ1) is 5.68. The van der Waals surface area contributed by atoms with Crippen molar-refractivity contribution in [3.05, 3.63) is 21.3 Å². The smallest absolute Gasteiger partial charge is 0.185 e. The summed E-state index contributed by atoms with van der Waals surface area (Å²) in [6.07, 6.45) is 0.843. The molecule has 0 saturated carbocycles. The highest BCUT2D eigenvalue weighted by Crippen LogP contribution is 2.21. The standard InChI is InChI=1S/C7H10ClN3S.HI/c8-6-2-1-5(12-6)3-4-11-7(9)10;/h1-2H,3-4H2,(H4,9,10,11);1H. The summed E-state index contributed by atoms with van der Waals surface area (Å²) in [5.74, 6) is 0.137. The van der Waals surface area contributed by atoms with E-state index in [9.17, 15) is 0 Å². The van der Waals surface area contributed by atoms with Crippen LogP contribution in [0.1, 0.15) is 4.88 Å². The van der Waals surface area contributed by atoms with Crippen molar-refractivity contribution in [1.29, 1.82) is 0 Å². The molecule has 1 aromatic heterocycles. The second kappa shape index (κ2) is 6.44. The van der Waals surface area contributed by atoms with Crippen LogP contribution in [-0.4, -0.2) is 12.5 Å². The zero-order chi connectivity index (χ0) is 8.97. The number of rotatable bonds is 3. The van der Waals surface area contributed by atoms with Gasteiger partial charge in [-0.15, -0.1) is 35.3 Å². The Bertz CT molecular complexity index is 283. The van der Waals surface area contributed by atoms with Crippen LogP contribution in [0.4, 0.5) is 0 Å². The van der Waals surface area contributed by atoms with Crippen molar-refractivity contribution in [2.75, 3.05) is 6.54 Å². The molecule has 4 N–H and O–H groups in total. The molecule has 0 aromatic carbocycles. The van der Waals surface area contributed by atoms with Crippen molar-refractivity contribution < 1.29 is 0 Å². The first-order valence-corrected chi connectivity index (χ1v) is 4.67. The van der Waals surface area contributed by atoms with Gasteiger partial charge in [-0.05, 0) is 12.1 Å². The largest absolute Gasteiger partial charge is 0.370 e. The van der Waals surface area contributed by atoms with Crippen LogP contribution in [0.15, 0.2) is 17.1 Å². The van der Waals surface area contributed by atoms with Gasteiger partial charge < -0.3 is 11.5 Å². The van der Waals surface area contributed by atoms with E-state index in [0.717, 1.165) is 10.8 Å². The van der Waals surface area contributed by atoms with Crippen molar-refractivity contribution in [3.8, 4) is 0 Å². The molecule has 0 aliphatic heterocycles. The van der Waals surface area contributed by atoms with Crippen molar-refractivity contribution >= 4 is 52.9 Å². The highest BCUT2D eigenvalue weighted by atomic mass is 127. The Labute approximate surface area is 103 Å². The molecule has 0 atom stereocenters. The van der Waals surface area contributed by atoms with Crippen LogP contribution in [0.5, 0.6) is 0 Å². The monoisotopic (exact) mass is 331 g/mol. The van der Waals surface area contributed by atoms with E-state index in [2.05, 4.69) is 4.99 Å². The molecule has 3 nitrogen and oxygen atoms in total. The zero-order valence-electron chi connectivity index (χ0n) is 6.87. The lowest BCUT2D eigenvalue weighted by Crippen LogP contribution is -2.23. The highest BCUT2D eigenvalue weighted by Gasteiger charge is 1.96. The molecule has 0 bridgehead atoms. The quantitative estimate of drug-likeness (QED) is 0.504. The van der Waals surface area contributed by atoms with E-state index in [1.165, 1.54) is 4.88 Å². The Balaban J connectivity index is 0.00000144. The minimum Gasteiger partial charge on any atom is -0.370 e. The molecule has 13 heavy (non-hydrogen) atoms. The van der Waals surface area contributed by atoms with Gasteiger partial charge in [0.2, 0.25) is 0 Å². The molecule has 0 saturated heterocycles. The minimum atomic E-state index is 0. The van der Waals surface area contributed by atoms with Gasteiger partial charge in [0.25, 0.3) is 0 Å². The lowest BCUT2D eigenvalue weighted by molar-refractivity contribution is 0.981. The van der Waals surface area contributed by atoms with E-state index in [4.69, 9.17) is 23.1 Å². The van der Waals surface area contributed by atoms with Gasteiger partial charge in [0.1, 0.15) is 0 Å². The van der Waals surface area contributed by atoms with Crippen LogP contribution in [0.2, 0.25) is 4.34 Å². The summed E-state index contributed by atoms with van der Waals surface area (Å²) in [4.78, 5) is 5.06. The van der Waals surface area contributed by atoms with Crippen molar-refractivity contribution in [1.82, 2.24) is 0 Å². The fraction of sp³-hybridized carbons (Fsp3) is 0.286. The minimum absolute atomic E-state index is 0. The maximum atomic E-state index is 5.74. The number of hydrogen-bond acceptors (Lipinski definition) is 2. The summed E-state index contributed by atoms with van der Waals surface area (Å²) in [5, 5.41) is 0. The van der Waals surface area contributed by atoms with Crippen LogP contribution < -0.4 is 11.5 Å². The van der Waals surface area contributed by atoms with Gasteiger partial charge >= 0.3 is 0 Å². The van der Waals surface area contributed by atoms with Gasteiger partial charge in [-0.3, -0.25) is 4.99 Å². The molecular formula is C7H11ClIN3S. The average Bonchev–Trinajstić information content (AvgIpc) is 2.35. The molecule has 0 spiro atoms. The lowest BCUT2D eigenvalue weighted by atomic mass is 10.3. The molecule has 1 rings (SSSR count). The molecular weight excluding hydrogens is 321 g/mol. The van der Waals surface area contributed by atoms with Gasteiger partial charge in [-0.2, -0.15) is 0 Å². The van der Waals surface area contributed by atoms with Gasteiger partial charge in [-0.1, -0.05) is 11.6 Å². The molecule has 0 radical (unpaired) electrons. The Hall–Kier alpha value is -0.0100. The third kappa shape index (κ3) is 5.33. The van der Waals surface area contributed by atoms with E-state index in [0.29, 0.717) is 6.54 Å². The molecule has 6 heteroatoms. The maximum absolute atomic E-state index is 5.74. The van der Waals surface area contributed by atoms with E-state index in [1.54, 1.807) is 11.3 Å². The summed E-state index contributed by atoms with van der Waals surface area (Å²) in [7, 11) is 0. The second-order valence-electron chi connectivity index (χ2n) is 2.26. The van der Waals surface area contributed by atoms with E-state index in [1.807, 2.05) is 12.1 Å². The van der Waals surface area contributed by atoms with E-state index in [-0.39, 0.29) is 29.9 Å². The number of nitrogens with two attached hydrogens (primary N) is 2. The van der Waals surface area contributed by atoms with Gasteiger partial charge in [0.15, 0.2) is 5.96 Å². The summed E-state index contributed by atoms with van der Waals surface area (Å²) in [5.41, 5.74) is 10.3. The molecule has 0 unspecified atom stereocenters. The second-order valence-corrected chi connectivity index (χ2v) is 4.06. The predicted octanol–water partition coefficient (Wildman–Crippen LogP) is 1.84. The number of guanidine groups is 1.